The number of aromatic amines is 2. The van der Waals surface area contributed by atoms with Crippen LogP contribution in [0.4, 0.5) is 17.6 Å². The second kappa shape index (κ2) is 9.29. The number of ether oxygens (including phenoxy) is 2. The monoisotopic (exact) mass is 481 g/mol. The van der Waals surface area contributed by atoms with E-state index in [2.05, 4.69) is 25.3 Å². The van der Waals surface area contributed by atoms with Gasteiger partial charge in [-0.25, -0.2) is 32.0 Å². The summed E-state index contributed by atoms with van der Waals surface area (Å²) in [6, 6.07) is 3.64. The van der Waals surface area contributed by atoms with Gasteiger partial charge in [0.15, 0.2) is 18.4 Å². The van der Waals surface area contributed by atoms with Gasteiger partial charge in [0, 0.05) is 31.1 Å². The van der Waals surface area contributed by atoms with E-state index in [-0.39, 0.29) is 39.6 Å². The van der Waals surface area contributed by atoms with Crippen molar-refractivity contribution in [1.82, 2.24) is 34.9 Å². The molecule has 0 aliphatic rings. The van der Waals surface area contributed by atoms with Crippen LogP contribution in [-0.2, 0) is 7.05 Å². The number of halogens is 4. The maximum atomic E-state index is 13.9. The second-order valence-electron chi connectivity index (χ2n) is 6.88. The first-order valence-corrected chi connectivity index (χ1v) is 9.57. The van der Waals surface area contributed by atoms with Crippen molar-refractivity contribution in [2.75, 3.05) is 6.61 Å². The van der Waals surface area contributed by atoms with Gasteiger partial charge in [0.2, 0.25) is 11.8 Å². The minimum Gasteiger partial charge on any atom is -0.472 e. The Morgan fingerprint density at radius 3 is 2.65 bits per heavy atom. The number of aryl methyl sites for hydroxylation is 1. The first kappa shape index (κ1) is 22.9. The van der Waals surface area contributed by atoms with Crippen LogP contribution >= 0.6 is 0 Å². The summed E-state index contributed by atoms with van der Waals surface area (Å²) in [7, 11) is 1.48. The van der Waals surface area contributed by atoms with Crippen molar-refractivity contribution in [2.45, 2.75) is 19.0 Å². The van der Waals surface area contributed by atoms with Crippen LogP contribution in [0, 0.1) is 0 Å². The van der Waals surface area contributed by atoms with E-state index in [9.17, 15) is 27.2 Å². The third-order valence-electron chi connectivity index (χ3n) is 4.56. The molecule has 0 saturated carbocycles. The smallest absolute Gasteiger partial charge is 0.325 e. The van der Waals surface area contributed by atoms with E-state index in [1.54, 1.807) is 0 Å². The molecule has 0 unspecified atom stereocenters. The molecule has 0 radical (unpaired) electrons. The van der Waals surface area contributed by atoms with Crippen LogP contribution in [0.25, 0.3) is 22.3 Å². The van der Waals surface area contributed by atoms with Gasteiger partial charge >= 0.3 is 5.69 Å². The molecule has 0 bridgehead atoms. The van der Waals surface area contributed by atoms with Crippen molar-refractivity contribution in [1.29, 1.82) is 0 Å². The molecule has 2 N–H and O–H groups in total. The Bertz CT molecular complexity index is 1440. The molecular formula is C19H15F4N7O4. The molecule has 0 saturated heterocycles. The van der Waals surface area contributed by atoms with Crippen LogP contribution in [0.2, 0.25) is 0 Å². The molecule has 0 aromatic carbocycles. The van der Waals surface area contributed by atoms with E-state index in [4.69, 9.17) is 9.47 Å². The summed E-state index contributed by atoms with van der Waals surface area (Å²) in [5.74, 6) is -0.518. The van der Waals surface area contributed by atoms with Crippen molar-refractivity contribution >= 4 is 11.0 Å². The molecule has 4 aromatic rings. The Kier molecular flexibility index (Phi) is 6.25. The van der Waals surface area contributed by atoms with Crippen LogP contribution in [0.15, 0.2) is 40.2 Å². The van der Waals surface area contributed by atoms with Gasteiger partial charge in [-0.3, -0.25) is 9.78 Å². The highest BCUT2D eigenvalue weighted by Gasteiger charge is 2.28. The maximum absolute atomic E-state index is 13.9. The topological polar surface area (TPSA) is 141 Å². The molecular weight excluding hydrogens is 466 g/mol. The summed E-state index contributed by atoms with van der Waals surface area (Å²) in [6.45, 7) is -0.952. The molecule has 4 heterocycles. The molecule has 15 heteroatoms. The highest BCUT2D eigenvalue weighted by atomic mass is 19.3. The molecule has 0 fully saturated rings. The molecule has 178 valence electrons. The SMILES string of the molecule is Cn1nc(O[C@H](c2ccnc(OCC(F)F)c2)C(F)F)c2cc(-c3c[nH]c(=O)[nH]c3=O)nnc21. The largest absolute Gasteiger partial charge is 0.472 e. The average molecular weight is 481 g/mol. The fourth-order valence-corrected chi connectivity index (χ4v) is 3.05. The minimum atomic E-state index is -3.04. The van der Waals surface area contributed by atoms with Gasteiger partial charge in [-0.1, -0.05) is 0 Å². The lowest BCUT2D eigenvalue weighted by atomic mass is 10.1. The average Bonchev–Trinajstić information content (AvgIpc) is 3.10. The van der Waals surface area contributed by atoms with E-state index < -0.39 is 36.8 Å². The lowest BCUT2D eigenvalue weighted by molar-refractivity contribution is 0.00815. The predicted molar refractivity (Wildman–Crippen MR) is 108 cm³/mol. The number of alkyl halides is 4. The van der Waals surface area contributed by atoms with Crippen molar-refractivity contribution in [3.05, 3.63) is 57.0 Å². The fraction of sp³-hybridized carbons (Fsp3) is 0.263. The number of hydrogen-bond acceptors (Lipinski definition) is 8. The molecule has 4 rings (SSSR count). The minimum absolute atomic E-state index is 0.0239. The van der Waals surface area contributed by atoms with Crippen LogP contribution in [0.3, 0.4) is 0 Å². The third kappa shape index (κ3) is 4.72. The summed E-state index contributed by atoms with van der Waals surface area (Å²) < 4.78 is 64.1. The van der Waals surface area contributed by atoms with E-state index >= 15 is 0 Å². The normalized spacial score (nSPS) is 12.4. The van der Waals surface area contributed by atoms with Gasteiger partial charge in [0.05, 0.1) is 10.9 Å². The zero-order valence-electron chi connectivity index (χ0n) is 17.2. The molecule has 11 nitrogen and oxygen atoms in total. The van der Waals surface area contributed by atoms with Gasteiger partial charge < -0.3 is 14.5 Å². The maximum Gasteiger partial charge on any atom is 0.325 e. The van der Waals surface area contributed by atoms with Crippen LogP contribution in [0.1, 0.15) is 11.7 Å². The Labute approximate surface area is 186 Å². The van der Waals surface area contributed by atoms with Crippen molar-refractivity contribution < 1.29 is 27.0 Å². The standard InChI is InChI=1S/C19H15F4N7O4/c1-30-16-9(5-11(27-28-16)10-6-25-19(32)26-17(10)31)18(29-30)34-14(15(22)23)8-2-3-24-13(4-8)33-7-12(20)21/h2-6,12,14-15H,7H2,1H3,(H2,25,26,31,32)/t14-/m1/s1. The number of nitrogens with zero attached hydrogens (tertiary/aromatic N) is 5. The van der Waals surface area contributed by atoms with Gasteiger partial charge in [-0.05, 0) is 12.1 Å². The quantitative estimate of drug-likeness (QED) is 0.363. The van der Waals surface area contributed by atoms with Crippen LogP contribution in [-0.4, -0.2) is 54.4 Å². The van der Waals surface area contributed by atoms with Crippen LogP contribution in [0.5, 0.6) is 11.8 Å². The highest BCUT2D eigenvalue weighted by Crippen LogP contribution is 2.33. The third-order valence-corrected chi connectivity index (χ3v) is 4.56. The molecule has 0 amide bonds. The van der Waals surface area contributed by atoms with E-state index in [0.717, 1.165) is 18.5 Å². The highest BCUT2D eigenvalue weighted by molar-refractivity contribution is 5.84. The first-order valence-electron chi connectivity index (χ1n) is 9.57. The Hall–Kier alpha value is -4.30. The van der Waals surface area contributed by atoms with E-state index in [1.807, 2.05) is 4.98 Å². The van der Waals surface area contributed by atoms with E-state index in [0.29, 0.717) is 0 Å². The zero-order valence-corrected chi connectivity index (χ0v) is 17.2. The summed E-state index contributed by atoms with van der Waals surface area (Å²) in [4.78, 5) is 31.4. The number of aromatic nitrogens is 7. The molecule has 0 spiro atoms. The summed E-state index contributed by atoms with van der Waals surface area (Å²) in [5, 5.41) is 12.1. The van der Waals surface area contributed by atoms with Gasteiger partial charge in [-0.2, -0.15) is 0 Å². The Morgan fingerprint density at radius 1 is 1.15 bits per heavy atom. The fourth-order valence-electron chi connectivity index (χ4n) is 3.05. The molecule has 0 aliphatic carbocycles. The van der Waals surface area contributed by atoms with Crippen molar-refractivity contribution in [3.8, 4) is 23.0 Å². The van der Waals surface area contributed by atoms with Gasteiger partial charge in [-0.15, -0.1) is 15.3 Å². The zero-order chi connectivity index (χ0) is 24.4. The molecule has 34 heavy (non-hydrogen) atoms. The van der Waals surface area contributed by atoms with Gasteiger partial charge in [0.1, 0.15) is 5.69 Å². The summed E-state index contributed by atoms with van der Waals surface area (Å²) in [5.41, 5.74) is -1.37. The predicted octanol–water partition coefficient (Wildman–Crippen LogP) is 1.83. The Balaban J connectivity index is 1.71. The summed E-state index contributed by atoms with van der Waals surface area (Å²) >= 11 is 0. The van der Waals surface area contributed by atoms with Gasteiger partial charge in [0.25, 0.3) is 18.4 Å². The number of hydrogen-bond donors (Lipinski definition) is 2. The molecule has 1 atom stereocenters. The number of pyridine rings is 1. The van der Waals surface area contributed by atoms with Crippen molar-refractivity contribution in [3.63, 3.8) is 0 Å². The number of nitrogens with one attached hydrogen (secondary N) is 2. The first-order chi connectivity index (χ1) is 16.2. The Morgan fingerprint density at radius 2 is 1.94 bits per heavy atom. The van der Waals surface area contributed by atoms with E-state index in [1.165, 1.54) is 23.9 Å². The number of H-pyrrole nitrogens is 2. The lowest BCUT2D eigenvalue weighted by Crippen LogP contribution is -2.22. The van der Waals surface area contributed by atoms with Crippen molar-refractivity contribution in [2.24, 2.45) is 7.05 Å². The lowest BCUT2D eigenvalue weighted by Gasteiger charge is -2.18. The number of fused-ring (bicyclic) bond motifs is 1. The summed E-state index contributed by atoms with van der Waals surface area (Å²) in [6.07, 6.45) is -5.41. The molecule has 4 aromatic heterocycles. The molecule has 0 aliphatic heterocycles. The second-order valence-corrected chi connectivity index (χ2v) is 6.88. The van der Waals surface area contributed by atoms with Crippen LogP contribution < -0.4 is 20.7 Å². The number of rotatable bonds is 8.